The Morgan fingerprint density at radius 2 is 1.71 bits per heavy atom. The van der Waals surface area contributed by atoms with Gasteiger partial charge in [-0.3, -0.25) is 9.36 Å². The molecule has 0 aliphatic heterocycles. The van der Waals surface area contributed by atoms with Gasteiger partial charge in [0.2, 0.25) is 0 Å². The lowest BCUT2D eigenvalue weighted by Gasteiger charge is -2.10. The first-order valence-corrected chi connectivity index (χ1v) is 11.2. The SMILES string of the molecule is COc1cccc(-n2c(N)c(C(=O)NCCCc3ccccc3)c3nc4ccccc4nc32)c1. The van der Waals surface area contributed by atoms with Crippen LogP contribution in [0.3, 0.4) is 0 Å². The molecule has 0 saturated heterocycles. The maximum absolute atomic E-state index is 13.3. The molecular formula is C27H25N5O2. The average Bonchev–Trinajstić information content (AvgIpc) is 3.16. The third-order valence-electron chi connectivity index (χ3n) is 5.81. The normalized spacial score (nSPS) is 11.1. The Labute approximate surface area is 197 Å². The van der Waals surface area contributed by atoms with E-state index in [2.05, 4.69) is 17.4 Å². The number of anilines is 1. The molecule has 0 fully saturated rings. The highest BCUT2D eigenvalue weighted by Crippen LogP contribution is 2.32. The number of hydrogen-bond donors (Lipinski definition) is 2. The van der Waals surface area contributed by atoms with Crippen LogP contribution in [0, 0.1) is 0 Å². The maximum atomic E-state index is 13.3. The number of methoxy groups -OCH3 is 1. The average molecular weight is 452 g/mol. The van der Waals surface area contributed by atoms with Crippen molar-refractivity contribution in [1.82, 2.24) is 19.9 Å². The van der Waals surface area contributed by atoms with Gasteiger partial charge < -0.3 is 15.8 Å². The molecule has 0 bridgehead atoms. The molecule has 0 saturated carbocycles. The van der Waals surface area contributed by atoms with Crippen molar-refractivity contribution in [2.24, 2.45) is 0 Å². The number of para-hydroxylation sites is 2. The van der Waals surface area contributed by atoms with Crippen LogP contribution in [0.1, 0.15) is 22.3 Å². The van der Waals surface area contributed by atoms with Crippen molar-refractivity contribution in [2.75, 3.05) is 19.4 Å². The van der Waals surface area contributed by atoms with Gasteiger partial charge in [0, 0.05) is 12.6 Å². The van der Waals surface area contributed by atoms with Gasteiger partial charge >= 0.3 is 0 Å². The lowest BCUT2D eigenvalue weighted by Crippen LogP contribution is -2.25. The van der Waals surface area contributed by atoms with E-state index in [1.54, 1.807) is 11.7 Å². The van der Waals surface area contributed by atoms with Crippen molar-refractivity contribution >= 4 is 33.9 Å². The van der Waals surface area contributed by atoms with E-state index < -0.39 is 0 Å². The van der Waals surface area contributed by atoms with Crippen LogP contribution in [-0.2, 0) is 6.42 Å². The molecule has 5 aromatic rings. The highest BCUT2D eigenvalue weighted by molar-refractivity contribution is 6.11. The first kappa shape index (κ1) is 21.5. The van der Waals surface area contributed by atoms with E-state index in [0.29, 0.717) is 40.4 Å². The largest absolute Gasteiger partial charge is 0.497 e. The van der Waals surface area contributed by atoms with Gasteiger partial charge in [0.05, 0.1) is 23.8 Å². The zero-order valence-corrected chi connectivity index (χ0v) is 18.9. The predicted octanol–water partition coefficient (Wildman–Crippen LogP) is 4.53. The van der Waals surface area contributed by atoms with Crippen molar-refractivity contribution in [3.05, 3.63) is 90.0 Å². The fraction of sp³-hybridized carbons (Fsp3) is 0.148. The van der Waals surface area contributed by atoms with Crippen LogP contribution >= 0.6 is 0 Å². The van der Waals surface area contributed by atoms with Gasteiger partial charge in [0.15, 0.2) is 5.65 Å². The summed E-state index contributed by atoms with van der Waals surface area (Å²) in [6.45, 7) is 0.528. The quantitative estimate of drug-likeness (QED) is 0.355. The van der Waals surface area contributed by atoms with Gasteiger partial charge in [-0.05, 0) is 42.7 Å². The Kier molecular flexibility index (Phi) is 5.82. The molecule has 2 aromatic heterocycles. The van der Waals surface area contributed by atoms with Crippen LogP contribution in [0.5, 0.6) is 5.75 Å². The first-order valence-electron chi connectivity index (χ1n) is 11.2. The van der Waals surface area contributed by atoms with Crippen LogP contribution in [0.4, 0.5) is 5.82 Å². The number of nitrogen functional groups attached to an aromatic ring is 1. The zero-order valence-electron chi connectivity index (χ0n) is 18.9. The van der Waals surface area contributed by atoms with E-state index in [1.807, 2.05) is 66.7 Å². The van der Waals surface area contributed by atoms with Crippen molar-refractivity contribution in [1.29, 1.82) is 0 Å². The van der Waals surface area contributed by atoms with E-state index in [-0.39, 0.29) is 5.91 Å². The summed E-state index contributed by atoms with van der Waals surface area (Å²) in [5.41, 5.74) is 11.3. The highest BCUT2D eigenvalue weighted by atomic mass is 16.5. The zero-order chi connectivity index (χ0) is 23.5. The first-order chi connectivity index (χ1) is 16.7. The Balaban J connectivity index is 1.53. The lowest BCUT2D eigenvalue weighted by molar-refractivity contribution is 0.0955. The second-order valence-corrected chi connectivity index (χ2v) is 8.03. The fourth-order valence-electron chi connectivity index (χ4n) is 4.12. The number of hydrogen-bond acceptors (Lipinski definition) is 5. The highest BCUT2D eigenvalue weighted by Gasteiger charge is 2.24. The van der Waals surface area contributed by atoms with E-state index in [1.165, 1.54) is 5.56 Å². The summed E-state index contributed by atoms with van der Waals surface area (Å²) in [5.74, 6) is 0.709. The van der Waals surface area contributed by atoms with Crippen LogP contribution in [-0.4, -0.2) is 34.1 Å². The third-order valence-corrected chi connectivity index (χ3v) is 5.81. The molecule has 0 atom stereocenters. The smallest absolute Gasteiger partial charge is 0.257 e. The molecule has 0 radical (unpaired) electrons. The van der Waals surface area contributed by atoms with Gasteiger partial charge in [-0.2, -0.15) is 0 Å². The molecule has 0 unspecified atom stereocenters. The van der Waals surface area contributed by atoms with Crippen molar-refractivity contribution < 1.29 is 9.53 Å². The van der Waals surface area contributed by atoms with Crippen LogP contribution in [0.15, 0.2) is 78.9 Å². The Bertz CT molecular complexity index is 1480. The molecule has 2 heterocycles. The number of carbonyl (C=O) groups is 1. The van der Waals surface area contributed by atoms with Crippen LogP contribution in [0.25, 0.3) is 27.9 Å². The van der Waals surface area contributed by atoms with E-state index in [9.17, 15) is 4.79 Å². The molecule has 0 spiro atoms. The minimum atomic E-state index is -0.262. The lowest BCUT2D eigenvalue weighted by atomic mass is 10.1. The molecule has 170 valence electrons. The third kappa shape index (κ3) is 4.03. The van der Waals surface area contributed by atoms with Gasteiger partial charge in [-0.15, -0.1) is 0 Å². The Morgan fingerprint density at radius 1 is 0.971 bits per heavy atom. The van der Waals surface area contributed by atoms with Gasteiger partial charge in [0.25, 0.3) is 5.91 Å². The summed E-state index contributed by atoms with van der Waals surface area (Å²) >= 11 is 0. The summed E-state index contributed by atoms with van der Waals surface area (Å²) in [4.78, 5) is 22.9. The number of aromatic nitrogens is 3. The molecule has 3 N–H and O–H groups in total. The number of nitrogens with one attached hydrogen (secondary N) is 1. The molecule has 3 aromatic carbocycles. The standard InChI is InChI=1S/C27H25N5O2/c1-34-20-13-7-12-19(17-20)32-25(28)23(24-26(32)31-22-15-6-5-14-21(22)30-24)27(33)29-16-8-11-18-9-3-2-4-10-18/h2-7,9-10,12-15,17H,8,11,16,28H2,1H3,(H,29,33). The number of carbonyl (C=O) groups excluding carboxylic acids is 1. The number of ether oxygens (including phenoxy) is 1. The van der Waals surface area contributed by atoms with Crippen molar-refractivity contribution in [3.63, 3.8) is 0 Å². The monoisotopic (exact) mass is 451 g/mol. The fourth-order valence-corrected chi connectivity index (χ4v) is 4.12. The second kappa shape index (κ2) is 9.23. The molecule has 0 aliphatic rings. The van der Waals surface area contributed by atoms with Gasteiger partial charge in [0.1, 0.15) is 22.6 Å². The molecular weight excluding hydrogens is 426 g/mol. The number of amides is 1. The maximum Gasteiger partial charge on any atom is 0.257 e. The van der Waals surface area contributed by atoms with Crippen molar-refractivity contribution in [3.8, 4) is 11.4 Å². The summed E-state index contributed by atoms with van der Waals surface area (Å²) in [5, 5.41) is 3.01. The number of benzene rings is 3. The molecule has 34 heavy (non-hydrogen) atoms. The molecule has 5 rings (SSSR count). The summed E-state index contributed by atoms with van der Waals surface area (Å²) in [7, 11) is 1.61. The summed E-state index contributed by atoms with van der Waals surface area (Å²) < 4.78 is 7.15. The summed E-state index contributed by atoms with van der Waals surface area (Å²) in [6, 6.07) is 25.3. The number of fused-ring (bicyclic) bond motifs is 2. The van der Waals surface area contributed by atoms with Crippen LogP contribution < -0.4 is 15.8 Å². The number of nitrogens with zero attached hydrogens (tertiary/aromatic N) is 3. The predicted molar refractivity (Wildman–Crippen MR) is 134 cm³/mol. The minimum absolute atomic E-state index is 0.262. The molecule has 0 aliphatic carbocycles. The molecule has 7 nitrogen and oxygen atoms in total. The Morgan fingerprint density at radius 3 is 2.47 bits per heavy atom. The van der Waals surface area contributed by atoms with E-state index >= 15 is 0 Å². The Hall–Kier alpha value is -4.39. The van der Waals surface area contributed by atoms with Gasteiger partial charge in [-0.1, -0.05) is 48.5 Å². The molecule has 7 heteroatoms. The van der Waals surface area contributed by atoms with Gasteiger partial charge in [-0.25, -0.2) is 9.97 Å². The van der Waals surface area contributed by atoms with Crippen LogP contribution in [0.2, 0.25) is 0 Å². The summed E-state index contributed by atoms with van der Waals surface area (Å²) in [6.07, 6.45) is 1.70. The second-order valence-electron chi connectivity index (χ2n) is 8.03. The number of rotatable bonds is 7. The van der Waals surface area contributed by atoms with E-state index in [4.69, 9.17) is 20.4 Å². The number of aryl methyl sites for hydroxylation is 1. The van der Waals surface area contributed by atoms with Crippen molar-refractivity contribution in [2.45, 2.75) is 12.8 Å². The van der Waals surface area contributed by atoms with E-state index in [0.717, 1.165) is 24.0 Å². The minimum Gasteiger partial charge on any atom is -0.497 e. The molecule has 1 amide bonds. The topological polar surface area (TPSA) is 95.1 Å². The number of nitrogens with two attached hydrogens (primary N) is 1.